The predicted molar refractivity (Wildman–Crippen MR) is 78.5 cm³/mol. The highest BCUT2D eigenvalue weighted by Gasteiger charge is 2.19. The van der Waals surface area contributed by atoms with Crippen LogP contribution < -0.4 is 10.5 Å². The van der Waals surface area contributed by atoms with Gasteiger partial charge in [0.25, 0.3) is 0 Å². The van der Waals surface area contributed by atoms with Gasteiger partial charge in [0.15, 0.2) is 0 Å². The van der Waals surface area contributed by atoms with Gasteiger partial charge in [-0.15, -0.1) is 0 Å². The Labute approximate surface area is 120 Å². The van der Waals surface area contributed by atoms with Crippen LogP contribution in [-0.2, 0) is 17.6 Å². The van der Waals surface area contributed by atoms with Gasteiger partial charge in [-0.1, -0.05) is 0 Å². The molecular weight excluding hydrogens is 254 g/mol. The van der Waals surface area contributed by atoms with Crippen LogP contribution in [-0.4, -0.2) is 29.6 Å². The molecule has 1 heterocycles. The lowest BCUT2D eigenvalue weighted by atomic mass is 10.1. The van der Waals surface area contributed by atoms with Crippen LogP contribution in [0, 0.1) is 5.41 Å². The summed E-state index contributed by atoms with van der Waals surface area (Å²) in [4.78, 5) is 4.51. The van der Waals surface area contributed by atoms with Crippen molar-refractivity contribution in [1.29, 1.82) is 5.41 Å². The van der Waals surface area contributed by atoms with E-state index in [4.69, 9.17) is 20.6 Å². The van der Waals surface area contributed by atoms with Crippen LogP contribution in [0.5, 0.6) is 5.88 Å². The summed E-state index contributed by atoms with van der Waals surface area (Å²) in [6.45, 7) is 6.90. The van der Waals surface area contributed by atoms with Gasteiger partial charge in [-0.25, -0.2) is 4.98 Å². The zero-order valence-electron chi connectivity index (χ0n) is 12.5. The van der Waals surface area contributed by atoms with Gasteiger partial charge < -0.3 is 15.2 Å². The van der Waals surface area contributed by atoms with E-state index in [1.54, 1.807) is 0 Å². The van der Waals surface area contributed by atoms with E-state index in [9.17, 15) is 0 Å². The minimum absolute atomic E-state index is 0.000982. The first-order chi connectivity index (χ1) is 9.37. The Hall–Kier alpha value is -1.62. The maximum absolute atomic E-state index is 7.65. The van der Waals surface area contributed by atoms with Crippen LogP contribution in [0.4, 0.5) is 0 Å². The number of pyridine rings is 1. The second-order valence-corrected chi connectivity index (χ2v) is 6.02. The lowest BCUT2D eigenvalue weighted by molar-refractivity contribution is -0.0168. The smallest absolute Gasteiger partial charge is 0.224 e. The molecule has 0 atom stereocenters. The first-order valence-corrected chi connectivity index (χ1v) is 7.01. The number of rotatable bonds is 5. The van der Waals surface area contributed by atoms with Gasteiger partial charge in [-0.2, -0.15) is 0 Å². The van der Waals surface area contributed by atoms with Crippen molar-refractivity contribution in [1.82, 2.24) is 4.98 Å². The fourth-order valence-electron chi connectivity index (χ4n) is 2.24. The summed E-state index contributed by atoms with van der Waals surface area (Å²) in [7, 11) is 0. The second-order valence-electron chi connectivity index (χ2n) is 6.02. The quantitative estimate of drug-likeness (QED) is 0.490. The second kappa shape index (κ2) is 5.79. The number of hydrogen-bond acceptors (Lipinski definition) is 4. The Balaban J connectivity index is 2.05. The molecule has 3 N–H and O–H groups in total. The van der Waals surface area contributed by atoms with Gasteiger partial charge in [0.05, 0.1) is 17.8 Å². The van der Waals surface area contributed by atoms with Crippen molar-refractivity contribution in [2.24, 2.45) is 5.73 Å². The van der Waals surface area contributed by atoms with E-state index in [2.05, 4.69) is 4.98 Å². The Kier molecular flexibility index (Phi) is 4.28. The number of nitrogen functional groups attached to an aromatic ring is 1. The zero-order valence-corrected chi connectivity index (χ0v) is 12.5. The molecule has 0 aromatic carbocycles. The number of amidine groups is 1. The summed E-state index contributed by atoms with van der Waals surface area (Å²) in [5.41, 5.74) is 8.28. The molecule has 0 bridgehead atoms. The third kappa shape index (κ3) is 3.70. The monoisotopic (exact) mass is 277 g/mol. The molecule has 1 aromatic heterocycles. The number of nitrogens with one attached hydrogen (secondary N) is 1. The highest BCUT2D eigenvalue weighted by Crippen LogP contribution is 2.26. The number of nitrogens with two attached hydrogens (primary N) is 1. The summed E-state index contributed by atoms with van der Waals surface area (Å²) in [5.74, 6) is 0.453. The molecule has 0 aliphatic heterocycles. The Morgan fingerprint density at radius 1 is 1.35 bits per heavy atom. The normalized spacial score (nSPS) is 14.2. The topological polar surface area (TPSA) is 81.2 Å². The fourth-order valence-corrected chi connectivity index (χ4v) is 2.24. The molecule has 1 aliphatic carbocycles. The van der Waals surface area contributed by atoms with Crippen molar-refractivity contribution < 1.29 is 9.47 Å². The number of aryl methyl sites for hydroxylation is 2. The van der Waals surface area contributed by atoms with E-state index in [0.717, 1.165) is 25.0 Å². The van der Waals surface area contributed by atoms with Crippen LogP contribution in [0.25, 0.3) is 0 Å². The number of hydrogen-bond donors (Lipinski definition) is 2. The van der Waals surface area contributed by atoms with E-state index < -0.39 is 0 Å². The molecule has 0 saturated carbocycles. The summed E-state index contributed by atoms with van der Waals surface area (Å²) in [6.07, 6.45) is 3.09. The molecule has 5 heteroatoms. The third-order valence-corrected chi connectivity index (χ3v) is 3.16. The average molecular weight is 277 g/mol. The van der Waals surface area contributed by atoms with Gasteiger partial charge in [-0.05, 0) is 51.7 Å². The minimum atomic E-state index is -0.182. The SMILES string of the molecule is CC(C)(C)OCCOc1nc2c(cc1C(=N)N)CCC2. The minimum Gasteiger partial charge on any atom is -0.475 e. The van der Waals surface area contributed by atoms with Gasteiger partial charge in [0.1, 0.15) is 12.4 Å². The molecule has 110 valence electrons. The van der Waals surface area contributed by atoms with Crippen molar-refractivity contribution in [2.45, 2.75) is 45.6 Å². The van der Waals surface area contributed by atoms with E-state index >= 15 is 0 Å². The van der Waals surface area contributed by atoms with Crippen LogP contribution in [0.3, 0.4) is 0 Å². The molecule has 0 radical (unpaired) electrons. The number of nitrogens with zero attached hydrogens (tertiary/aromatic N) is 1. The fraction of sp³-hybridized carbons (Fsp3) is 0.600. The number of ether oxygens (including phenoxy) is 2. The molecular formula is C15H23N3O2. The molecule has 1 aliphatic rings. The van der Waals surface area contributed by atoms with E-state index in [1.807, 2.05) is 26.8 Å². The average Bonchev–Trinajstić information content (AvgIpc) is 2.79. The summed E-state index contributed by atoms with van der Waals surface area (Å²) in [5, 5.41) is 7.65. The molecule has 5 nitrogen and oxygen atoms in total. The lowest BCUT2D eigenvalue weighted by Crippen LogP contribution is -2.23. The van der Waals surface area contributed by atoms with Crippen molar-refractivity contribution in [3.63, 3.8) is 0 Å². The summed E-state index contributed by atoms with van der Waals surface area (Å²) >= 11 is 0. The Bertz CT molecular complexity index is 507. The summed E-state index contributed by atoms with van der Waals surface area (Å²) < 4.78 is 11.3. The Morgan fingerprint density at radius 2 is 2.10 bits per heavy atom. The first-order valence-electron chi connectivity index (χ1n) is 7.01. The molecule has 0 unspecified atom stereocenters. The largest absolute Gasteiger partial charge is 0.475 e. The van der Waals surface area contributed by atoms with Crippen LogP contribution in [0.15, 0.2) is 6.07 Å². The molecule has 0 spiro atoms. The number of aromatic nitrogens is 1. The van der Waals surface area contributed by atoms with Gasteiger partial charge in [0.2, 0.25) is 5.88 Å². The van der Waals surface area contributed by atoms with Crippen LogP contribution in [0.1, 0.15) is 44.0 Å². The maximum Gasteiger partial charge on any atom is 0.224 e. The summed E-state index contributed by atoms with van der Waals surface area (Å²) in [6, 6.07) is 1.94. The van der Waals surface area contributed by atoms with E-state index in [0.29, 0.717) is 24.7 Å². The zero-order chi connectivity index (χ0) is 14.8. The molecule has 2 rings (SSSR count). The van der Waals surface area contributed by atoms with Crippen molar-refractivity contribution in [3.05, 3.63) is 22.9 Å². The van der Waals surface area contributed by atoms with Crippen molar-refractivity contribution >= 4 is 5.84 Å². The standard InChI is InChI=1S/C15H23N3O2/c1-15(2,3)20-8-7-19-14-11(13(16)17)9-10-5-4-6-12(10)18-14/h9H,4-8H2,1-3H3,(H3,16,17). The van der Waals surface area contributed by atoms with Gasteiger partial charge in [-0.3, -0.25) is 5.41 Å². The first kappa shape index (κ1) is 14.8. The predicted octanol–water partition coefficient (Wildman–Crippen LogP) is 2.05. The van der Waals surface area contributed by atoms with Crippen molar-refractivity contribution in [3.8, 4) is 5.88 Å². The highest BCUT2D eigenvalue weighted by molar-refractivity contribution is 5.97. The van der Waals surface area contributed by atoms with E-state index in [1.165, 1.54) is 5.56 Å². The molecule has 1 aromatic rings. The van der Waals surface area contributed by atoms with Crippen molar-refractivity contribution in [2.75, 3.05) is 13.2 Å². The molecule has 0 fully saturated rings. The highest BCUT2D eigenvalue weighted by atomic mass is 16.5. The molecule has 0 amide bonds. The van der Waals surface area contributed by atoms with Gasteiger partial charge in [0, 0.05) is 5.69 Å². The lowest BCUT2D eigenvalue weighted by Gasteiger charge is -2.19. The molecule has 20 heavy (non-hydrogen) atoms. The maximum atomic E-state index is 7.65. The van der Waals surface area contributed by atoms with E-state index in [-0.39, 0.29) is 11.4 Å². The van der Waals surface area contributed by atoms with Crippen LogP contribution >= 0.6 is 0 Å². The van der Waals surface area contributed by atoms with Gasteiger partial charge >= 0.3 is 0 Å². The number of fused-ring (bicyclic) bond motifs is 1. The molecule has 0 saturated heterocycles. The van der Waals surface area contributed by atoms with Crippen LogP contribution in [0.2, 0.25) is 0 Å². The third-order valence-electron chi connectivity index (χ3n) is 3.16. The Morgan fingerprint density at radius 3 is 2.75 bits per heavy atom.